The highest BCUT2D eigenvalue weighted by molar-refractivity contribution is 7.99. The van der Waals surface area contributed by atoms with Crippen molar-refractivity contribution in [2.75, 3.05) is 5.75 Å². The van der Waals surface area contributed by atoms with Gasteiger partial charge in [-0.25, -0.2) is 4.79 Å². The molecule has 2 atom stereocenters. The number of halogens is 1. The zero-order valence-corrected chi connectivity index (χ0v) is 14.6. The summed E-state index contributed by atoms with van der Waals surface area (Å²) in [6.07, 6.45) is 0. The van der Waals surface area contributed by atoms with Crippen LogP contribution in [-0.4, -0.2) is 33.7 Å². The Morgan fingerprint density at radius 1 is 1.17 bits per heavy atom. The van der Waals surface area contributed by atoms with E-state index in [0.29, 0.717) is 16.3 Å². The number of hydrogen-bond acceptors (Lipinski definition) is 3. The zero-order valence-electron chi connectivity index (χ0n) is 13.0. The fourth-order valence-electron chi connectivity index (χ4n) is 2.81. The molecule has 0 bridgehead atoms. The monoisotopic (exact) mass is 361 g/mol. The van der Waals surface area contributed by atoms with E-state index in [9.17, 15) is 14.7 Å². The fraction of sp³-hybridized carbons (Fsp3) is 0.222. The van der Waals surface area contributed by atoms with E-state index in [0.717, 1.165) is 11.1 Å². The summed E-state index contributed by atoms with van der Waals surface area (Å²) in [6, 6.07) is 13.6. The summed E-state index contributed by atoms with van der Waals surface area (Å²) in [6.45, 7) is 1.84. The van der Waals surface area contributed by atoms with Gasteiger partial charge in [0.2, 0.25) is 0 Å². The van der Waals surface area contributed by atoms with Gasteiger partial charge in [-0.3, -0.25) is 4.79 Å². The molecule has 0 aliphatic carbocycles. The molecule has 0 radical (unpaired) electrons. The van der Waals surface area contributed by atoms with E-state index in [1.807, 2.05) is 37.3 Å². The molecule has 0 spiro atoms. The van der Waals surface area contributed by atoms with Gasteiger partial charge in [0.25, 0.3) is 5.91 Å². The number of nitrogens with zero attached hydrogens (tertiary/aromatic N) is 1. The smallest absolute Gasteiger partial charge is 0.327 e. The van der Waals surface area contributed by atoms with Crippen LogP contribution in [0.5, 0.6) is 0 Å². The number of hydrogen-bond donors (Lipinski definition) is 1. The van der Waals surface area contributed by atoms with Crippen LogP contribution in [0.2, 0.25) is 5.02 Å². The van der Waals surface area contributed by atoms with E-state index in [-0.39, 0.29) is 5.91 Å². The average molecular weight is 362 g/mol. The maximum Gasteiger partial charge on any atom is 0.327 e. The number of aryl methyl sites for hydroxylation is 1. The first-order chi connectivity index (χ1) is 11.5. The predicted molar refractivity (Wildman–Crippen MR) is 95.4 cm³/mol. The summed E-state index contributed by atoms with van der Waals surface area (Å²) in [4.78, 5) is 26.2. The SMILES string of the molecule is Cc1ccccc1C(=O)N1C(C(=O)O)CSC1c1ccccc1Cl. The lowest BCUT2D eigenvalue weighted by atomic mass is 10.1. The first kappa shape index (κ1) is 16.9. The minimum atomic E-state index is -1.00. The minimum Gasteiger partial charge on any atom is -0.480 e. The summed E-state index contributed by atoms with van der Waals surface area (Å²) < 4.78 is 0. The minimum absolute atomic E-state index is 0.282. The number of thioether (sulfide) groups is 1. The molecule has 24 heavy (non-hydrogen) atoms. The third-order valence-corrected chi connectivity index (χ3v) is 5.72. The fourth-order valence-corrected chi connectivity index (χ4v) is 4.57. The number of aliphatic carboxylic acids is 1. The Hall–Kier alpha value is -1.98. The molecule has 2 aromatic carbocycles. The third kappa shape index (κ3) is 3.01. The van der Waals surface area contributed by atoms with Crippen molar-refractivity contribution in [2.24, 2.45) is 0 Å². The Bertz CT molecular complexity index is 795. The van der Waals surface area contributed by atoms with Gasteiger partial charge in [0.1, 0.15) is 11.4 Å². The van der Waals surface area contributed by atoms with Crippen LogP contribution >= 0.6 is 23.4 Å². The standard InChI is InChI=1S/C18H16ClNO3S/c1-11-6-2-3-7-12(11)16(21)20-15(18(22)23)10-24-17(20)13-8-4-5-9-14(13)19/h2-9,15,17H,10H2,1H3,(H,22,23). The summed E-state index contributed by atoms with van der Waals surface area (Å²) in [5, 5.41) is 9.66. The van der Waals surface area contributed by atoms with Crippen molar-refractivity contribution < 1.29 is 14.7 Å². The van der Waals surface area contributed by atoms with Crippen LogP contribution in [0.1, 0.15) is 26.9 Å². The van der Waals surface area contributed by atoms with Gasteiger partial charge < -0.3 is 10.0 Å². The van der Waals surface area contributed by atoms with Crippen molar-refractivity contribution >= 4 is 35.2 Å². The van der Waals surface area contributed by atoms with Crippen LogP contribution in [0, 0.1) is 6.92 Å². The molecule has 1 amide bonds. The van der Waals surface area contributed by atoms with Gasteiger partial charge in [0.05, 0.1) is 0 Å². The van der Waals surface area contributed by atoms with Gasteiger partial charge in [0.15, 0.2) is 0 Å². The van der Waals surface area contributed by atoms with Crippen LogP contribution in [0.15, 0.2) is 48.5 Å². The molecule has 1 fully saturated rings. The molecule has 2 unspecified atom stereocenters. The summed E-state index contributed by atoms with van der Waals surface area (Å²) in [5.41, 5.74) is 2.10. The molecule has 0 aromatic heterocycles. The van der Waals surface area contributed by atoms with E-state index < -0.39 is 17.4 Å². The lowest BCUT2D eigenvalue weighted by Gasteiger charge is -2.28. The molecule has 124 valence electrons. The molecule has 1 aliphatic heterocycles. The molecule has 1 heterocycles. The van der Waals surface area contributed by atoms with Crippen molar-refractivity contribution in [3.05, 3.63) is 70.2 Å². The largest absolute Gasteiger partial charge is 0.480 e. The molecule has 1 saturated heterocycles. The third-order valence-electron chi connectivity index (χ3n) is 4.07. The van der Waals surface area contributed by atoms with Crippen LogP contribution < -0.4 is 0 Å². The van der Waals surface area contributed by atoms with Gasteiger partial charge in [-0.1, -0.05) is 48.0 Å². The molecule has 0 saturated carbocycles. The first-order valence-electron chi connectivity index (χ1n) is 7.48. The van der Waals surface area contributed by atoms with Crippen molar-refractivity contribution in [2.45, 2.75) is 18.3 Å². The Morgan fingerprint density at radius 2 is 1.83 bits per heavy atom. The Balaban J connectivity index is 2.05. The maximum atomic E-state index is 13.1. The average Bonchev–Trinajstić information content (AvgIpc) is 3.00. The van der Waals surface area contributed by atoms with Crippen molar-refractivity contribution in [1.29, 1.82) is 0 Å². The topological polar surface area (TPSA) is 57.6 Å². The second kappa shape index (κ2) is 6.87. The Morgan fingerprint density at radius 3 is 2.50 bits per heavy atom. The summed E-state index contributed by atoms with van der Waals surface area (Å²) in [5.74, 6) is -0.947. The number of amides is 1. The van der Waals surface area contributed by atoms with Crippen LogP contribution in [0.3, 0.4) is 0 Å². The maximum absolute atomic E-state index is 13.1. The number of rotatable bonds is 3. The van der Waals surface area contributed by atoms with Crippen molar-refractivity contribution in [3.8, 4) is 0 Å². The van der Waals surface area contributed by atoms with Crippen LogP contribution in [-0.2, 0) is 4.79 Å². The van der Waals surface area contributed by atoms with Gasteiger partial charge in [0, 0.05) is 21.9 Å². The van der Waals surface area contributed by atoms with Crippen LogP contribution in [0.25, 0.3) is 0 Å². The second-order valence-electron chi connectivity index (χ2n) is 5.59. The van der Waals surface area contributed by atoms with Gasteiger partial charge in [-0.2, -0.15) is 0 Å². The van der Waals surface area contributed by atoms with Gasteiger partial charge in [-0.15, -0.1) is 11.8 Å². The lowest BCUT2D eigenvalue weighted by Crippen LogP contribution is -2.43. The van der Waals surface area contributed by atoms with E-state index >= 15 is 0 Å². The van der Waals surface area contributed by atoms with Crippen LogP contribution in [0.4, 0.5) is 0 Å². The molecule has 2 aromatic rings. The Labute approximate surface area is 149 Å². The van der Waals surface area contributed by atoms with Gasteiger partial charge >= 0.3 is 5.97 Å². The van der Waals surface area contributed by atoms with Crippen molar-refractivity contribution in [1.82, 2.24) is 4.90 Å². The molecule has 4 nitrogen and oxygen atoms in total. The highest BCUT2D eigenvalue weighted by Crippen LogP contribution is 2.44. The number of carboxylic acid groups (broad SMARTS) is 1. The quantitative estimate of drug-likeness (QED) is 0.898. The molecule has 1 N–H and O–H groups in total. The molecular formula is C18H16ClNO3S. The normalized spacial score (nSPS) is 20.2. The first-order valence-corrected chi connectivity index (χ1v) is 8.90. The molecule has 6 heteroatoms. The predicted octanol–water partition coefficient (Wildman–Crippen LogP) is 3.99. The van der Waals surface area contributed by atoms with E-state index in [1.54, 1.807) is 18.2 Å². The highest BCUT2D eigenvalue weighted by atomic mass is 35.5. The summed E-state index contributed by atoms with van der Waals surface area (Å²) in [7, 11) is 0. The van der Waals surface area contributed by atoms with E-state index in [2.05, 4.69) is 0 Å². The lowest BCUT2D eigenvalue weighted by molar-refractivity contribution is -0.141. The molecule has 3 rings (SSSR count). The number of carbonyl (C=O) groups excluding carboxylic acids is 1. The number of carbonyl (C=O) groups is 2. The molecular weight excluding hydrogens is 346 g/mol. The second-order valence-corrected chi connectivity index (χ2v) is 7.11. The highest BCUT2D eigenvalue weighted by Gasteiger charge is 2.43. The van der Waals surface area contributed by atoms with Gasteiger partial charge in [-0.05, 0) is 24.6 Å². The number of carboxylic acids is 1. The number of benzene rings is 2. The summed E-state index contributed by atoms with van der Waals surface area (Å²) >= 11 is 7.70. The zero-order chi connectivity index (χ0) is 17.3. The van der Waals surface area contributed by atoms with E-state index in [4.69, 9.17) is 11.6 Å². The molecule has 1 aliphatic rings. The Kier molecular flexibility index (Phi) is 4.83. The van der Waals surface area contributed by atoms with Crippen molar-refractivity contribution in [3.63, 3.8) is 0 Å². The van der Waals surface area contributed by atoms with E-state index in [1.165, 1.54) is 16.7 Å².